The van der Waals surface area contributed by atoms with Crippen LogP contribution < -0.4 is 11.1 Å². The molecule has 19 heteroatoms. The van der Waals surface area contributed by atoms with Gasteiger partial charge in [0.25, 0.3) is 0 Å². The maximum atomic E-state index is 12.2. The summed E-state index contributed by atoms with van der Waals surface area (Å²) in [5, 5.41) is 94.1. The van der Waals surface area contributed by atoms with Crippen LogP contribution in [-0.4, -0.2) is 178 Å². The molecule has 0 aromatic heterocycles. The molecule has 0 spiro atoms. The van der Waals surface area contributed by atoms with E-state index in [1.165, 1.54) is 6.92 Å². The molecule has 3 heterocycles. The number of carbonyl (C=O) groups excluding carboxylic acids is 1. The van der Waals surface area contributed by atoms with E-state index in [2.05, 4.69) is 12.2 Å². The molecule has 3 rings (SSSR count). The number of ether oxygens (including phenoxy) is 7. The SMILES string of the molecule is CCCCCCCCO[C@@H]1O[C@H](COCC(=N)N)[C@@H](O[C@@H]2O[C@H](CO)[C@H](O)[C@H](O[C@H]3O[C@H](CO)[C@H](O)[C@H](O)[C@H]3O)[C@H]2O)[C@H](O)[C@H]1NC(C)=O. The highest BCUT2D eigenvalue weighted by atomic mass is 16.8. The summed E-state index contributed by atoms with van der Waals surface area (Å²) in [4.78, 5) is 12.2. The number of rotatable bonds is 19. The minimum atomic E-state index is -1.91. The first kappa shape index (κ1) is 41.8. The van der Waals surface area contributed by atoms with Crippen LogP contribution in [0.5, 0.6) is 0 Å². The van der Waals surface area contributed by atoms with Crippen molar-refractivity contribution in [3.05, 3.63) is 0 Å². The van der Waals surface area contributed by atoms with Crippen LogP contribution in [0.1, 0.15) is 52.4 Å². The van der Waals surface area contributed by atoms with Gasteiger partial charge in [-0.1, -0.05) is 39.0 Å². The van der Waals surface area contributed by atoms with Crippen LogP contribution >= 0.6 is 0 Å². The van der Waals surface area contributed by atoms with Gasteiger partial charge in [-0.2, -0.15) is 0 Å². The molecule has 3 saturated heterocycles. The lowest BCUT2D eigenvalue weighted by Crippen LogP contribution is -2.68. The summed E-state index contributed by atoms with van der Waals surface area (Å²) in [7, 11) is 0. The van der Waals surface area contributed by atoms with Crippen molar-refractivity contribution >= 4 is 11.7 Å². The molecule has 3 aliphatic rings. The molecule has 49 heavy (non-hydrogen) atoms. The van der Waals surface area contributed by atoms with Crippen molar-refractivity contribution in [2.75, 3.05) is 33.0 Å². The minimum absolute atomic E-state index is 0.254. The topological polar surface area (TPSA) is 305 Å². The van der Waals surface area contributed by atoms with Crippen molar-refractivity contribution in [3.8, 4) is 0 Å². The third-order valence-corrected chi connectivity index (χ3v) is 8.62. The predicted octanol–water partition coefficient (Wildman–Crippen LogP) is -4.08. The number of hydrogen-bond donors (Lipinski definition) is 11. The molecule has 0 unspecified atom stereocenters. The monoisotopic (exact) mass is 713 g/mol. The van der Waals surface area contributed by atoms with Crippen molar-refractivity contribution in [2.45, 2.75) is 144 Å². The van der Waals surface area contributed by atoms with Crippen LogP contribution in [0.25, 0.3) is 0 Å². The quantitative estimate of drug-likeness (QED) is 0.0344. The normalized spacial score (nSPS) is 39.8. The van der Waals surface area contributed by atoms with E-state index in [1.807, 2.05) is 0 Å². The Labute approximate surface area is 284 Å². The van der Waals surface area contributed by atoms with E-state index in [1.54, 1.807) is 0 Å². The number of aliphatic hydroxyl groups is 8. The number of aliphatic hydroxyl groups excluding tert-OH is 8. The zero-order valence-electron chi connectivity index (χ0n) is 27.9. The Morgan fingerprint density at radius 3 is 1.92 bits per heavy atom. The Morgan fingerprint density at radius 1 is 0.735 bits per heavy atom. The number of amidine groups is 1. The van der Waals surface area contributed by atoms with Gasteiger partial charge in [0.05, 0.1) is 19.8 Å². The lowest BCUT2D eigenvalue weighted by molar-refractivity contribution is -0.376. The first-order valence-corrected chi connectivity index (χ1v) is 16.7. The zero-order valence-corrected chi connectivity index (χ0v) is 27.9. The largest absolute Gasteiger partial charge is 0.394 e. The summed E-state index contributed by atoms with van der Waals surface area (Å²) >= 11 is 0. The van der Waals surface area contributed by atoms with Crippen molar-refractivity contribution in [1.29, 1.82) is 5.41 Å². The maximum Gasteiger partial charge on any atom is 0.217 e. The average molecular weight is 714 g/mol. The lowest BCUT2D eigenvalue weighted by Gasteiger charge is -2.49. The van der Waals surface area contributed by atoms with Crippen molar-refractivity contribution < 1.29 is 78.8 Å². The fourth-order valence-corrected chi connectivity index (χ4v) is 5.94. The molecule has 12 N–H and O–H groups in total. The smallest absolute Gasteiger partial charge is 0.217 e. The molecular formula is C30H55N3O16. The van der Waals surface area contributed by atoms with Crippen LogP contribution in [0.3, 0.4) is 0 Å². The van der Waals surface area contributed by atoms with E-state index in [9.17, 15) is 45.6 Å². The number of amides is 1. The predicted molar refractivity (Wildman–Crippen MR) is 166 cm³/mol. The second kappa shape index (κ2) is 20.4. The Hall–Kier alpha value is -1.66. The molecule has 0 radical (unpaired) electrons. The summed E-state index contributed by atoms with van der Waals surface area (Å²) in [5.74, 6) is -0.809. The average Bonchev–Trinajstić information content (AvgIpc) is 3.06. The summed E-state index contributed by atoms with van der Waals surface area (Å²) in [5.41, 5.74) is 5.42. The van der Waals surface area contributed by atoms with Gasteiger partial charge in [-0.05, 0) is 6.42 Å². The van der Waals surface area contributed by atoms with E-state index in [-0.39, 0.29) is 25.7 Å². The van der Waals surface area contributed by atoms with Gasteiger partial charge in [-0.3, -0.25) is 10.2 Å². The van der Waals surface area contributed by atoms with Gasteiger partial charge in [0.2, 0.25) is 5.91 Å². The molecule has 0 aliphatic carbocycles. The third kappa shape index (κ3) is 11.4. The number of nitrogens with one attached hydrogen (secondary N) is 2. The Kier molecular flexibility index (Phi) is 17.4. The number of carbonyl (C=O) groups is 1. The van der Waals surface area contributed by atoms with Crippen LogP contribution in [-0.2, 0) is 38.0 Å². The Balaban J connectivity index is 1.81. The molecular weight excluding hydrogens is 658 g/mol. The van der Waals surface area contributed by atoms with E-state index in [4.69, 9.17) is 44.3 Å². The highest BCUT2D eigenvalue weighted by molar-refractivity contribution is 5.78. The van der Waals surface area contributed by atoms with Crippen LogP contribution in [0.15, 0.2) is 0 Å². The van der Waals surface area contributed by atoms with E-state index in [0.717, 1.165) is 32.1 Å². The Bertz CT molecular complexity index is 999. The summed E-state index contributed by atoms with van der Waals surface area (Å²) in [6, 6.07) is -1.17. The fourth-order valence-electron chi connectivity index (χ4n) is 5.94. The van der Waals surface area contributed by atoms with Crippen LogP contribution in [0, 0.1) is 5.41 Å². The highest BCUT2D eigenvalue weighted by Gasteiger charge is 2.54. The van der Waals surface area contributed by atoms with Gasteiger partial charge in [0, 0.05) is 13.5 Å². The summed E-state index contributed by atoms with van der Waals surface area (Å²) in [6.07, 6.45) is -16.5. The van der Waals surface area contributed by atoms with Crippen LogP contribution in [0.4, 0.5) is 0 Å². The fraction of sp³-hybridized carbons (Fsp3) is 0.933. The minimum Gasteiger partial charge on any atom is -0.394 e. The van der Waals surface area contributed by atoms with Crippen LogP contribution in [0.2, 0.25) is 0 Å². The third-order valence-electron chi connectivity index (χ3n) is 8.62. The van der Waals surface area contributed by atoms with E-state index >= 15 is 0 Å². The molecule has 3 aliphatic heterocycles. The molecule has 15 atom stereocenters. The van der Waals surface area contributed by atoms with Gasteiger partial charge in [-0.15, -0.1) is 0 Å². The molecule has 1 amide bonds. The van der Waals surface area contributed by atoms with Gasteiger partial charge in [0.1, 0.15) is 85.6 Å². The summed E-state index contributed by atoms with van der Waals surface area (Å²) in [6.45, 7) is 1.44. The van der Waals surface area contributed by atoms with E-state index in [0.29, 0.717) is 6.42 Å². The van der Waals surface area contributed by atoms with Crippen molar-refractivity contribution in [3.63, 3.8) is 0 Å². The first-order valence-electron chi connectivity index (χ1n) is 16.7. The lowest BCUT2D eigenvalue weighted by atomic mass is 9.95. The van der Waals surface area contributed by atoms with E-state index < -0.39 is 111 Å². The second-order valence-corrected chi connectivity index (χ2v) is 12.5. The van der Waals surface area contributed by atoms with Crippen molar-refractivity contribution in [1.82, 2.24) is 5.32 Å². The number of hydrogen-bond acceptors (Lipinski definition) is 17. The molecule has 0 saturated carbocycles. The van der Waals surface area contributed by atoms with Gasteiger partial charge in [-0.25, -0.2) is 0 Å². The maximum absolute atomic E-state index is 12.2. The molecule has 0 bridgehead atoms. The van der Waals surface area contributed by atoms with Gasteiger partial charge >= 0.3 is 0 Å². The molecule has 286 valence electrons. The first-order chi connectivity index (χ1) is 23.3. The standard InChI is InChI=1S/C30H55N3O16/c1-3-4-5-6-7-8-9-44-28-19(33-14(2)36)22(39)26(17(47-28)12-43-13-18(31)32)48-30-25(42)27(21(38)16(11-35)46-30)49-29-24(41)23(40)20(37)15(10-34)45-29/h15-17,19-30,34-35,37-42H,3-13H2,1-2H3,(H3,31,32)(H,33,36)/t15-,16-,17-,19-,20+,21+,22-,23+,24-,25-,26-,27+,28-,29-,30+/m1/s1. The second-order valence-electron chi connectivity index (χ2n) is 12.5. The highest BCUT2D eigenvalue weighted by Crippen LogP contribution is 2.33. The zero-order chi connectivity index (χ0) is 36.2. The number of nitrogens with two attached hydrogens (primary N) is 1. The summed E-state index contributed by atoms with van der Waals surface area (Å²) < 4.78 is 40.2. The van der Waals surface area contributed by atoms with Gasteiger partial charge in [0.15, 0.2) is 18.9 Å². The molecule has 3 fully saturated rings. The molecule has 0 aromatic rings. The Morgan fingerprint density at radius 2 is 1.31 bits per heavy atom. The van der Waals surface area contributed by atoms with Crippen molar-refractivity contribution in [2.24, 2.45) is 5.73 Å². The van der Waals surface area contributed by atoms with Gasteiger partial charge < -0.3 is 85.1 Å². The molecule has 19 nitrogen and oxygen atoms in total. The number of unbranched alkanes of at least 4 members (excludes halogenated alkanes) is 5. The molecule has 0 aromatic carbocycles.